The fraction of sp³-hybridized carbons (Fsp3) is 0.500. The molecule has 1 aromatic heterocycles. The average Bonchev–Trinajstić information content (AvgIpc) is 2.79. The molecule has 0 atom stereocenters. The van der Waals surface area contributed by atoms with Crippen LogP contribution in [-0.2, 0) is 0 Å². The van der Waals surface area contributed by atoms with Crippen LogP contribution in [0.15, 0.2) is 36.5 Å². The number of hydrogen-bond acceptors (Lipinski definition) is 2. The lowest BCUT2D eigenvalue weighted by atomic mass is 9.83. The minimum Gasteiger partial charge on any atom is -0.493 e. The highest BCUT2D eigenvalue weighted by Crippen LogP contribution is 2.37. The number of halogens is 1. The lowest BCUT2D eigenvalue weighted by molar-refractivity contribution is 0.149. The molecule has 0 bridgehead atoms. The molecular formula is C18H22BrNO. The Labute approximate surface area is 135 Å². The van der Waals surface area contributed by atoms with Crippen molar-refractivity contribution in [2.45, 2.75) is 38.5 Å². The Bertz CT molecular complexity index is 591. The maximum absolute atomic E-state index is 6.13. The molecule has 0 unspecified atom stereocenters. The first-order chi connectivity index (χ1) is 10.3. The number of rotatable bonds is 4. The highest BCUT2D eigenvalue weighted by molar-refractivity contribution is 9.09. The summed E-state index contributed by atoms with van der Waals surface area (Å²) < 4.78 is 6.13. The van der Waals surface area contributed by atoms with Gasteiger partial charge >= 0.3 is 0 Å². The first-order valence-electron chi connectivity index (χ1n) is 7.85. The lowest BCUT2D eigenvalue weighted by Crippen LogP contribution is -2.29. The number of ether oxygens (including phenoxy) is 1. The van der Waals surface area contributed by atoms with Gasteiger partial charge in [-0.15, -0.1) is 0 Å². The molecule has 1 aliphatic rings. The summed E-state index contributed by atoms with van der Waals surface area (Å²) in [6, 6.07) is 10.2. The quantitative estimate of drug-likeness (QED) is 0.549. The second-order valence-corrected chi connectivity index (χ2v) is 6.76. The van der Waals surface area contributed by atoms with Crippen LogP contribution in [0.1, 0.15) is 38.5 Å². The predicted octanol–water partition coefficient (Wildman–Crippen LogP) is 5.35. The highest BCUT2D eigenvalue weighted by atomic mass is 79.9. The van der Waals surface area contributed by atoms with Crippen LogP contribution in [0, 0.1) is 5.41 Å². The maximum atomic E-state index is 6.13. The summed E-state index contributed by atoms with van der Waals surface area (Å²) in [6.45, 7) is 0.802. The number of nitrogens with zero attached hydrogens (tertiary/aromatic N) is 1. The molecular weight excluding hydrogens is 326 g/mol. The van der Waals surface area contributed by atoms with Gasteiger partial charge in [0.25, 0.3) is 0 Å². The van der Waals surface area contributed by atoms with Gasteiger partial charge in [0, 0.05) is 28.4 Å². The molecule has 0 N–H and O–H groups in total. The second-order valence-electron chi connectivity index (χ2n) is 6.19. The van der Waals surface area contributed by atoms with Crippen molar-refractivity contribution in [3.8, 4) is 5.75 Å². The SMILES string of the molecule is BrCC1(COc2ccc3cccnc3c2)CCCCCC1. The molecule has 0 spiro atoms. The summed E-state index contributed by atoms with van der Waals surface area (Å²) in [5.41, 5.74) is 1.30. The molecule has 0 saturated heterocycles. The van der Waals surface area contributed by atoms with Gasteiger partial charge in [0.05, 0.1) is 12.1 Å². The molecule has 0 aliphatic heterocycles. The normalized spacial score (nSPS) is 18.3. The van der Waals surface area contributed by atoms with Crippen molar-refractivity contribution in [3.05, 3.63) is 36.5 Å². The first-order valence-corrected chi connectivity index (χ1v) is 8.97. The van der Waals surface area contributed by atoms with Crippen LogP contribution in [0.4, 0.5) is 0 Å². The summed E-state index contributed by atoms with van der Waals surface area (Å²) in [5, 5.41) is 2.20. The van der Waals surface area contributed by atoms with Gasteiger partial charge in [0.1, 0.15) is 5.75 Å². The van der Waals surface area contributed by atoms with E-state index < -0.39 is 0 Å². The fourth-order valence-corrected chi connectivity index (χ4v) is 3.89. The zero-order valence-electron chi connectivity index (χ0n) is 12.4. The third-order valence-electron chi connectivity index (χ3n) is 4.57. The summed E-state index contributed by atoms with van der Waals surface area (Å²) in [4.78, 5) is 4.40. The number of pyridine rings is 1. The number of aromatic nitrogens is 1. The number of fused-ring (bicyclic) bond motifs is 1. The van der Waals surface area contributed by atoms with Crippen molar-refractivity contribution in [2.75, 3.05) is 11.9 Å². The van der Waals surface area contributed by atoms with Crippen LogP contribution >= 0.6 is 15.9 Å². The Morgan fingerprint density at radius 1 is 1.10 bits per heavy atom. The van der Waals surface area contributed by atoms with Crippen LogP contribution in [0.2, 0.25) is 0 Å². The molecule has 2 nitrogen and oxygen atoms in total. The summed E-state index contributed by atoms with van der Waals surface area (Å²) in [6.07, 6.45) is 9.76. The zero-order chi connectivity index (χ0) is 14.5. The minimum atomic E-state index is 0.301. The Morgan fingerprint density at radius 3 is 2.67 bits per heavy atom. The lowest BCUT2D eigenvalue weighted by Gasteiger charge is -2.30. The Balaban J connectivity index is 1.72. The molecule has 1 heterocycles. The second kappa shape index (κ2) is 6.78. The van der Waals surface area contributed by atoms with E-state index in [0.29, 0.717) is 5.41 Å². The summed E-state index contributed by atoms with van der Waals surface area (Å²) in [5.74, 6) is 0.936. The molecule has 2 aromatic rings. The first kappa shape index (κ1) is 14.8. The Morgan fingerprint density at radius 2 is 1.90 bits per heavy atom. The van der Waals surface area contributed by atoms with Gasteiger partial charge in [-0.3, -0.25) is 4.98 Å². The molecule has 21 heavy (non-hydrogen) atoms. The maximum Gasteiger partial charge on any atom is 0.121 e. The third-order valence-corrected chi connectivity index (χ3v) is 5.76. The van der Waals surface area contributed by atoms with E-state index in [1.807, 2.05) is 18.3 Å². The predicted molar refractivity (Wildman–Crippen MR) is 91.2 cm³/mol. The van der Waals surface area contributed by atoms with Crippen LogP contribution in [0.25, 0.3) is 10.9 Å². The van der Waals surface area contributed by atoms with Crippen LogP contribution < -0.4 is 4.74 Å². The number of alkyl halides is 1. The molecule has 1 fully saturated rings. The van der Waals surface area contributed by atoms with Gasteiger partial charge in [0.2, 0.25) is 0 Å². The van der Waals surface area contributed by atoms with E-state index in [2.05, 4.69) is 39.1 Å². The van der Waals surface area contributed by atoms with E-state index >= 15 is 0 Å². The van der Waals surface area contributed by atoms with Crippen LogP contribution in [0.3, 0.4) is 0 Å². The molecule has 1 aromatic carbocycles. The van der Waals surface area contributed by atoms with E-state index in [4.69, 9.17) is 4.74 Å². The Hall–Kier alpha value is -1.09. The van der Waals surface area contributed by atoms with Gasteiger partial charge in [0.15, 0.2) is 0 Å². The van der Waals surface area contributed by atoms with E-state index in [0.717, 1.165) is 28.6 Å². The van der Waals surface area contributed by atoms with Crippen molar-refractivity contribution in [2.24, 2.45) is 5.41 Å². The molecule has 1 saturated carbocycles. The van der Waals surface area contributed by atoms with Gasteiger partial charge in [-0.1, -0.05) is 47.7 Å². The number of benzene rings is 1. The van der Waals surface area contributed by atoms with Gasteiger partial charge in [-0.2, -0.15) is 0 Å². The molecule has 3 rings (SSSR count). The van der Waals surface area contributed by atoms with Crippen LogP contribution in [-0.4, -0.2) is 16.9 Å². The zero-order valence-corrected chi connectivity index (χ0v) is 13.9. The van der Waals surface area contributed by atoms with Crippen molar-refractivity contribution in [1.29, 1.82) is 0 Å². The fourth-order valence-electron chi connectivity index (χ4n) is 3.17. The van der Waals surface area contributed by atoms with Gasteiger partial charge < -0.3 is 4.74 Å². The molecule has 0 radical (unpaired) electrons. The monoisotopic (exact) mass is 347 g/mol. The van der Waals surface area contributed by atoms with Gasteiger partial charge in [-0.05, 0) is 31.0 Å². The van der Waals surface area contributed by atoms with Crippen molar-refractivity contribution < 1.29 is 4.74 Å². The highest BCUT2D eigenvalue weighted by Gasteiger charge is 2.30. The van der Waals surface area contributed by atoms with Crippen molar-refractivity contribution in [3.63, 3.8) is 0 Å². The average molecular weight is 348 g/mol. The summed E-state index contributed by atoms with van der Waals surface area (Å²) in [7, 11) is 0. The topological polar surface area (TPSA) is 22.1 Å². The van der Waals surface area contributed by atoms with E-state index in [1.165, 1.54) is 38.5 Å². The van der Waals surface area contributed by atoms with Crippen LogP contribution in [0.5, 0.6) is 5.75 Å². The smallest absolute Gasteiger partial charge is 0.121 e. The summed E-state index contributed by atoms with van der Waals surface area (Å²) >= 11 is 3.72. The number of hydrogen-bond donors (Lipinski definition) is 0. The Kier molecular flexibility index (Phi) is 4.79. The van der Waals surface area contributed by atoms with Gasteiger partial charge in [-0.25, -0.2) is 0 Å². The van der Waals surface area contributed by atoms with E-state index in [9.17, 15) is 0 Å². The van der Waals surface area contributed by atoms with E-state index in [1.54, 1.807) is 0 Å². The molecule has 1 aliphatic carbocycles. The molecule has 0 amide bonds. The van der Waals surface area contributed by atoms with E-state index in [-0.39, 0.29) is 0 Å². The van der Waals surface area contributed by atoms with Crippen molar-refractivity contribution >= 4 is 26.8 Å². The largest absolute Gasteiger partial charge is 0.493 e. The minimum absolute atomic E-state index is 0.301. The molecule has 112 valence electrons. The standard InChI is InChI=1S/C18H22BrNO/c19-13-18(9-3-1-2-4-10-18)14-21-16-8-7-15-6-5-11-20-17(15)12-16/h5-8,11-12H,1-4,9-10,13-14H2. The van der Waals surface area contributed by atoms with Crippen molar-refractivity contribution in [1.82, 2.24) is 4.98 Å². The molecule has 3 heteroatoms. The third kappa shape index (κ3) is 3.57.